The molecule has 0 saturated heterocycles. The number of hydrogen-bond donors (Lipinski definition) is 1. The Morgan fingerprint density at radius 1 is 1.38 bits per heavy atom. The Kier molecular flexibility index (Phi) is 5.42. The van der Waals surface area contributed by atoms with Gasteiger partial charge in [0.15, 0.2) is 0 Å². The van der Waals surface area contributed by atoms with Crippen LogP contribution < -0.4 is 5.32 Å². The molecule has 0 saturated carbocycles. The predicted molar refractivity (Wildman–Crippen MR) is 70.0 cm³/mol. The smallest absolute Gasteiger partial charge is 0.129 e. The van der Waals surface area contributed by atoms with Crippen LogP contribution in [0.15, 0.2) is 22.7 Å². The van der Waals surface area contributed by atoms with Crippen LogP contribution in [-0.2, 0) is 0 Å². The van der Waals surface area contributed by atoms with Gasteiger partial charge in [0.2, 0.25) is 0 Å². The lowest BCUT2D eigenvalue weighted by molar-refractivity contribution is 0.450. The van der Waals surface area contributed by atoms with E-state index in [0.717, 1.165) is 23.0 Å². The average Bonchev–Trinajstić information content (AvgIpc) is 2.25. The highest BCUT2D eigenvalue weighted by atomic mass is 79.9. The fraction of sp³-hybridized carbons (Fsp3) is 0.538. The highest BCUT2D eigenvalue weighted by Gasteiger charge is 2.11. The molecule has 2 unspecified atom stereocenters. The van der Waals surface area contributed by atoms with Crippen LogP contribution in [0, 0.1) is 11.7 Å². The first-order valence-electron chi connectivity index (χ1n) is 5.73. The lowest BCUT2D eigenvalue weighted by Gasteiger charge is -2.17. The van der Waals surface area contributed by atoms with Gasteiger partial charge in [-0.15, -0.1) is 0 Å². The van der Waals surface area contributed by atoms with Crippen molar-refractivity contribution in [3.8, 4) is 0 Å². The summed E-state index contributed by atoms with van der Waals surface area (Å²) in [7, 11) is 0. The van der Waals surface area contributed by atoms with Crippen LogP contribution in [0.1, 0.15) is 38.8 Å². The molecule has 0 aromatic heterocycles. The summed E-state index contributed by atoms with van der Waals surface area (Å²) in [5.74, 6) is 0.472. The first kappa shape index (κ1) is 13.7. The Hall–Kier alpha value is -0.410. The molecule has 1 rings (SSSR count). The molecule has 16 heavy (non-hydrogen) atoms. The summed E-state index contributed by atoms with van der Waals surface area (Å²) in [4.78, 5) is 0. The van der Waals surface area contributed by atoms with Gasteiger partial charge in [-0.05, 0) is 31.5 Å². The van der Waals surface area contributed by atoms with E-state index in [2.05, 4.69) is 35.1 Å². The van der Waals surface area contributed by atoms with E-state index >= 15 is 0 Å². The van der Waals surface area contributed by atoms with Crippen molar-refractivity contribution in [2.75, 3.05) is 6.54 Å². The van der Waals surface area contributed by atoms with E-state index in [1.807, 2.05) is 19.1 Å². The molecule has 0 aliphatic heterocycles. The van der Waals surface area contributed by atoms with Gasteiger partial charge in [0.25, 0.3) is 0 Å². The van der Waals surface area contributed by atoms with Crippen molar-refractivity contribution >= 4 is 15.9 Å². The third-order valence-corrected chi connectivity index (χ3v) is 3.39. The van der Waals surface area contributed by atoms with Gasteiger partial charge in [-0.25, -0.2) is 4.39 Å². The fourth-order valence-electron chi connectivity index (χ4n) is 1.48. The minimum Gasteiger partial charge on any atom is -0.310 e. The van der Waals surface area contributed by atoms with Crippen molar-refractivity contribution in [2.45, 2.75) is 33.2 Å². The molecule has 0 bridgehead atoms. The molecule has 1 aromatic rings. The molecule has 0 heterocycles. The molecule has 0 aliphatic carbocycles. The van der Waals surface area contributed by atoms with Gasteiger partial charge in [0.1, 0.15) is 5.82 Å². The van der Waals surface area contributed by atoms with Gasteiger partial charge >= 0.3 is 0 Å². The highest BCUT2D eigenvalue weighted by molar-refractivity contribution is 9.10. The Bertz CT molecular complexity index is 341. The van der Waals surface area contributed by atoms with Gasteiger partial charge in [0, 0.05) is 16.1 Å². The molecule has 3 heteroatoms. The topological polar surface area (TPSA) is 12.0 Å². The normalized spacial score (nSPS) is 14.8. The lowest BCUT2D eigenvalue weighted by atomic mass is 10.1. The first-order chi connectivity index (χ1) is 7.54. The summed E-state index contributed by atoms with van der Waals surface area (Å²) in [6.45, 7) is 7.27. The maximum atomic E-state index is 13.6. The van der Waals surface area contributed by atoms with E-state index in [1.54, 1.807) is 0 Å². The van der Waals surface area contributed by atoms with Crippen molar-refractivity contribution in [3.63, 3.8) is 0 Å². The van der Waals surface area contributed by atoms with E-state index in [9.17, 15) is 4.39 Å². The molecular formula is C13H19BrFN. The van der Waals surface area contributed by atoms with Gasteiger partial charge in [-0.2, -0.15) is 0 Å². The lowest BCUT2D eigenvalue weighted by Crippen LogP contribution is -2.24. The zero-order valence-corrected chi connectivity index (χ0v) is 11.6. The van der Waals surface area contributed by atoms with Crippen LogP contribution >= 0.6 is 15.9 Å². The van der Waals surface area contributed by atoms with Crippen LogP contribution in [0.25, 0.3) is 0 Å². The van der Waals surface area contributed by atoms with Crippen LogP contribution in [0.4, 0.5) is 4.39 Å². The zero-order valence-electron chi connectivity index (χ0n) is 10.1. The third-order valence-electron chi connectivity index (χ3n) is 2.90. The minimum atomic E-state index is -0.154. The number of benzene rings is 1. The number of nitrogens with one attached hydrogen (secondary N) is 1. The molecule has 1 aromatic carbocycles. The SMILES string of the molecule is CCC(C)CNC(C)c1ccc(Br)cc1F. The fourth-order valence-corrected chi connectivity index (χ4v) is 1.82. The third kappa shape index (κ3) is 3.87. The van der Waals surface area contributed by atoms with E-state index in [0.29, 0.717) is 5.92 Å². The van der Waals surface area contributed by atoms with Crippen LogP contribution in [0.5, 0.6) is 0 Å². The summed E-state index contributed by atoms with van der Waals surface area (Å²) in [6, 6.07) is 5.27. The van der Waals surface area contributed by atoms with E-state index in [1.165, 1.54) is 6.07 Å². The standard InChI is InChI=1S/C13H19BrFN/c1-4-9(2)8-16-10(3)12-6-5-11(14)7-13(12)15/h5-7,9-10,16H,4,8H2,1-3H3. The summed E-state index contributed by atoms with van der Waals surface area (Å²) in [5.41, 5.74) is 0.728. The number of hydrogen-bond acceptors (Lipinski definition) is 1. The summed E-state index contributed by atoms with van der Waals surface area (Å²) >= 11 is 3.26. The van der Waals surface area contributed by atoms with Crippen LogP contribution in [-0.4, -0.2) is 6.54 Å². The van der Waals surface area contributed by atoms with Crippen molar-refractivity contribution in [1.29, 1.82) is 0 Å². The zero-order chi connectivity index (χ0) is 12.1. The maximum absolute atomic E-state index is 13.6. The summed E-state index contributed by atoms with van der Waals surface area (Å²) in [6.07, 6.45) is 1.14. The number of rotatable bonds is 5. The van der Waals surface area contributed by atoms with Crippen molar-refractivity contribution < 1.29 is 4.39 Å². The highest BCUT2D eigenvalue weighted by Crippen LogP contribution is 2.21. The van der Waals surface area contributed by atoms with Gasteiger partial charge in [-0.3, -0.25) is 0 Å². The molecule has 0 aliphatic rings. The average molecular weight is 288 g/mol. The Balaban J connectivity index is 2.62. The molecule has 0 amide bonds. The predicted octanol–water partition coefficient (Wildman–Crippen LogP) is 4.28. The van der Waals surface area contributed by atoms with Crippen LogP contribution in [0.2, 0.25) is 0 Å². The van der Waals surface area contributed by atoms with Crippen molar-refractivity contribution in [2.24, 2.45) is 5.92 Å². The Morgan fingerprint density at radius 2 is 2.06 bits per heavy atom. The van der Waals surface area contributed by atoms with Crippen LogP contribution in [0.3, 0.4) is 0 Å². The van der Waals surface area contributed by atoms with E-state index < -0.39 is 0 Å². The molecule has 1 N–H and O–H groups in total. The van der Waals surface area contributed by atoms with Gasteiger partial charge in [-0.1, -0.05) is 42.3 Å². The molecular weight excluding hydrogens is 269 g/mol. The summed E-state index contributed by atoms with van der Waals surface area (Å²) < 4.78 is 14.4. The monoisotopic (exact) mass is 287 g/mol. The van der Waals surface area contributed by atoms with Gasteiger partial charge in [0.05, 0.1) is 0 Å². The summed E-state index contributed by atoms with van der Waals surface area (Å²) in [5, 5.41) is 3.35. The minimum absolute atomic E-state index is 0.0575. The second kappa shape index (κ2) is 6.36. The number of halogens is 2. The van der Waals surface area contributed by atoms with E-state index in [-0.39, 0.29) is 11.9 Å². The molecule has 0 fully saturated rings. The van der Waals surface area contributed by atoms with Crippen molar-refractivity contribution in [3.05, 3.63) is 34.1 Å². The van der Waals surface area contributed by atoms with Gasteiger partial charge < -0.3 is 5.32 Å². The molecule has 0 radical (unpaired) electrons. The molecule has 90 valence electrons. The Labute approximate surface area is 106 Å². The largest absolute Gasteiger partial charge is 0.310 e. The molecule has 1 nitrogen and oxygen atoms in total. The molecule has 2 atom stereocenters. The second-order valence-corrected chi connectivity index (χ2v) is 5.22. The Morgan fingerprint density at radius 3 is 2.62 bits per heavy atom. The maximum Gasteiger partial charge on any atom is 0.129 e. The second-order valence-electron chi connectivity index (χ2n) is 4.31. The molecule has 0 spiro atoms. The quantitative estimate of drug-likeness (QED) is 0.852. The van der Waals surface area contributed by atoms with Crippen molar-refractivity contribution in [1.82, 2.24) is 5.32 Å². The van der Waals surface area contributed by atoms with E-state index in [4.69, 9.17) is 0 Å². The first-order valence-corrected chi connectivity index (χ1v) is 6.52.